The average molecular weight is 314 g/mol. The van der Waals surface area contributed by atoms with Gasteiger partial charge in [0.05, 0.1) is 5.02 Å². The molecule has 7 heteroatoms. The standard InChI is InChI=1S/C14H20ClN3O3/c1-5-10(17-13(20)21-14(2,3)4)12(19)18-11-7-6-9(15)8-16-11/h6-8,10H,5H2,1-4H3,(H,17,20)(H,16,18,19)/t10-/m0/s1. The number of alkyl carbamates (subject to hydrolysis) is 1. The van der Waals surface area contributed by atoms with Gasteiger partial charge >= 0.3 is 6.09 Å². The third-order valence-corrected chi connectivity index (χ3v) is 2.62. The Labute approximate surface area is 129 Å². The highest BCUT2D eigenvalue weighted by molar-refractivity contribution is 6.30. The summed E-state index contributed by atoms with van der Waals surface area (Å²) in [4.78, 5) is 27.7. The van der Waals surface area contributed by atoms with E-state index in [9.17, 15) is 9.59 Å². The Hall–Kier alpha value is -1.82. The van der Waals surface area contributed by atoms with E-state index in [-0.39, 0.29) is 5.91 Å². The Balaban J connectivity index is 2.61. The van der Waals surface area contributed by atoms with Gasteiger partial charge in [-0.05, 0) is 39.3 Å². The molecule has 21 heavy (non-hydrogen) atoms. The highest BCUT2D eigenvalue weighted by atomic mass is 35.5. The van der Waals surface area contributed by atoms with Crippen molar-refractivity contribution in [2.75, 3.05) is 5.32 Å². The quantitative estimate of drug-likeness (QED) is 0.895. The number of ether oxygens (including phenoxy) is 1. The number of halogens is 1. The lowest BCUT2D eigenvalue weighted by Crippen LogP contribution is -2.45. The molecule has 0 aliphatic rings. The van der Waals surface area contributed by atoms with Crippen molar-refractivity contribution in [1.82, 2.24) is 10.3 Å². The summed E-state index contributed by atoms with van der Waals surface area (Å²) >= 11 is 5.72. The van der Waals surface area contributed by atoms with E-state index >= 15 is 0 Å². The summed E-state index contributed by atoms with van der Waals surface area (Å²) in [6.07, 6.45) is 1.23. The van der Waals surface area contributed by atoms with Gasteiger partial charge in [0.25, 0.3) is 0 Å². The van der Waals surface area contributed by atoms with Crippen LogP contribution in [0.2, 0.25) is 5.02 Å². The molecule has 2 N–H and O–H groups in total. The van der Waals surface area contributed by atoms with Crippen molar-refractivity contribution in [1.29, 1.82) is 0 Å². The molecule has 0 aliphatic heterocycles. The lowest BCUT2D eigenvalue weighted by atomic mass is 10.2. The molecule has 0 unspecified atom stereocenters. The topological polar surface area (TPSA) is 80.3 Å². The minimum Gasteiger partial charge on any atom is -0.444 e. The predicted octanol–water partition coefficient (Wildman–Crippen LogP) is 2.98. The van der Waals surface area contributed by atoms with Crippen molar-refractivity contribution >= 4 is 29.4 Å². The SMILES string of the molecule is CC[C@H](NC(=O)OC(C)(C)C)C(=O)Nc1ccc(Cl)cn1. The monoisotopic (exact) mass is 313 g/mol. The molecule has 2 amide bonds. The number of nitrogens with zero attached hydrogens (tertiary/aromatic N) is 1. The third kappa shape index (κ3) is 6.44. The second-order valence-electron chi connectivity index (χ2n) is 5.46. The maximum atomic E-state index is 12.1. The van der Waals surface area contributed by atoms with Crippen molar-refractivity contribution in [2.45, 2.75) is 45.8 Å². The number of carbonyl (C=O) groups excluding carboxylic acids is 2. The van der Waals surface area contributed by atoms with Gasteiger partial charge in [-0.1, -0.05) is 18.5 Å². The highest BCUT2D eigenvalue weighted by Gasteiger charge is 2.23. The van der Waals surface area contributed by atoms with Gasteiger partial charge in [-0.3, -0.25) is 4.79 Å². The van der Waals surface area contributed by atoms with Crippen LogP contribution < -0.4 is 10.6 Å². The van der Waals surface area contributed by atoms with Gasteiger partial charge in [0, 0.05) is 6.20 Å². The first-order valence-electron chi connectivity index (χ1n) is 6.63. The molecule has 0 saturated carbocycles. The molecule has 6 nitrogen and oxygen atoms in total. The zero-order chi connectivity index (χ0) is 16.0. The van der Waals surface area contributed by atoms with E-state index in [0.717, 1.165) is 0 Å². The van der Waals surface area contributed by atoms with Crippen LogP contribution >= 0.6 is 11.6 Å². The normalized spacial score (nSPS) is 12.4. The van der Waals surface area contributed by atoms with Crippen LogP contribution in [-0.4, -0.2) is 28.6 Å². The van der Waals surface area contributed by atoms with E-state index < -0.39 is 17.7 Å². The maximum absolute atomic E-state index is 12.1. The van der Waals surface area contributed by atoms with Gasteiger partial charge in [-0.2, -0.15) is 0 Å². The van der Waals surface area contributed by atoms with Gasteiger partial charge in [-0.25, -0.2) is 9.78 Å². The van der Waals surface area contributed by atoms with E-state index in [1.165, 1.54) is 6.20 Å². The number of pyridine rings is 1. The molecule has 1 heterocycles. The first-order valence-corrected chi connectivity index (χ1v) is 7.01. The van der Waals surface area contributed by atoms with E-state index in [0.29, 0.717) is 17.3 Å². The molecule has 0 spiro atoms. The fourth-order valence-corrected chi connectivity index (χ4v) is 1.58. The first-order chi connectivity index (χ1) is 9.71. The van der Waals surface area contributed by atoms with E-state index in [4.69, 9.17) is 16.3 Å². The minimum atomic E-state index is -0.697. The molecule has 0 saturated heterocycles. The largest absolute Gasteiger partial charge is 0.444 e. The van der Waals surface area contributed by atoms with Crippen LogP contribution in [0.25, 0.3) is 0 Å². The zero-order valence-corrected chi connectivity index (χ0v) is 13.3. The molecule has 1 atom stereocenters. The fourth-order valence-electron chi connectivity index (χ4n) is 1.47. The van der Waals surface area contributed by atoms with E-state index in [2.05, 4.69) is 15.6 Å². The number of carbonyl (C=O) groups is 2. The fraction of sp³-hybridized carbons (Fsp3) is 0.500. The molecular formula is C14H20ClN3O3. The molecule has 0 aliphatic carbocycles. The Morgan fingerprint density at radius 3 is 2.52 bits per heavy atom. The molecule has 0 fully saturated rings. The van der Waals surface area contributed by atoms with Crippen LogP contribution in [0, 0.1) is 0 Å². The van der Waals surface area contributed by atoms with Crippen molar-refractivity contribution in [2.24, 2.45) is 0 Å². The van der Waals surface area contributed by atoms with Gasteiger partial charge in [0.1, 0.15) is 17.5 Å². The predicted molar refractivity (Wildman–Crippen MR) is 81.3 cm³/mol. The van der Waals surface area contributed by atoms with Gasteiger partial charge in [0.2, 0.25) is 5.91 Å². The Bertz CT molecular complexity index is 497. The molecule has 1 aromatic rings. The number of anilines is 1. The Kier molecular flexibility index (Phi) is 5.96. The highest BCUT2D eigenvalue weighted by Crippen LogP contribution is 2.11. The summed E-state index contributed by atoms with van der Waals surface area (Å²) in [7, 11) is 0. The summed E-state index contributed by atoms with van der Waals surface area (Å²) in [5.74, 6) is 0.00650. The third-order valence-electron chi connectivity index (χ3n) is 2.39. The minimum absolute atomic E-state index is 0.363. The van der Waals surface area contributed by atoms with Gasteiger partial charge in [-0.15, -0.1) is 0 Å². The second-order valence-corrected chi connectivity index (χ2v) is 5.89. The van der Waals surface area contributed by atoms with Gasteiger partial charge < -0.3 is 15.4 Å². The van der Waals surface area contributed by atoms with Crippen molar-refractivity contribution in [3.63, 3.8) is 0 Å². The molecule has 0 bridgehead atoms. The van der Waals surface area contributed by atoms with E-state index in [1.807, 2.05) is 0 Å². The number of amides is 2. The van der Waals surface area contributed by atoms with Crippen LogP contribution in [0.15, 0.2) is 18.3 Å². The number of hydrogen-bond acceptors (Lipinski definition) is 4. The number of aromatic nitrogens is 1. The lowest BCUT2D eigenvalue weighted by molar-refractivity contribution is -0.118. The second kappa shape index (κ2) is 7.26. The molecule has 116 valence electrons. The summed E-state index contributed by atoms with van der Waals surface area (Å²) in [6, 6.07) is 2.50. The van der Waals surface area contributed by atoms with Crippen LogP contribution in [-0.2, 0) is 9.53 Å². The molecular weight excluding hydrogens is 294 g/mol. The Morgan fingerprint density at radius 2 is 2.05 bits per heavy atom. The smallest absolute Gasteiger partial charge is 0.408 e. The molecule has 1 aromatic heterocycles. The number of rotatable bonds is 4. The van der Waals surface area contributed by atoms with Crippen molar-refractivity contribution in [3.8, 4) is 0 Å². The van der Waals surface area contributed by atoms with Crippen LogP contribution in [0.5, 0.6) is 0 Å². The zero-order valence-electron chi connectivity index (χ0n) is 12.6. The summed E-state index contributed by atoms with van der Waals surface area (Å²) in [5, 5.41) is 5.62. The van der Waals surface area contributed by atoms with Crippen LogP contribution in [0.1, 0.15) is 34.1 Å². The van der Waals surface area contributed by atoms with E-state index in [1.54, 1.807) is 39.8 Å². The van der Waals surface area contributed by atoms with Gasteiger partial charge in [0.15, 0.2) is 0 Å². The van der Waals surface area contributed by atoms with Crippen LogP contribution in [0.4, 0.5) is 10.6 Å². The van der Waals surface area contributed by atoms with Crippen LogP contribution in [0.3, 0.4) is 0 Å². The van der Waals surface area contributed by atoms with Crippen molar-refractivity contribution in [3.05, 3.63) is 23.4 Å². The summed E-state index contributed by atoms with van der Waals surface area (Å²) in [6.45, 7) is 7.05. The van der Waals surface area contributed by atoms with Crippen molar-refractivity contribution < 1.29 is 14.3 Å². The maximum Gasteiger partial charge on any atom is 0.408 e. The molecule has 0 radical (unpaired) electrons. The summed E-state index contributed by atoms with van der Waals surface area (Å²) in [5.41, 5.74) is -0.614. The molecule has 0 aromatic carbocycles. The first kappa shape index (κ1) is 17.2. The number of nitrogens with one attached hydrogen (secondary N) is 2. The lowest BCUT2D eigenvalue weighted by Gasteiger charge is -2.22. The molecule has 1 rings (SSSR count). The Morgan fingerprint density at radius 1 is 1.38 bits per heavy atom. The average Bonchev–Trinajstić information content (AvgIpc) is 2.36. The summed E-state index contributed by atoms with van der Waals surface area (Å²) < 4.78 is 5.12. The number of hydrogen-bond donors (Lipinski definition) is 2.